The summed E-state index contributed by atoms with van der Waals surface area (Å²) in [5, 5.41) is 7.56. The van der Waals surface area contributed by atoms with Crippen LogP contribution in [0.3, 0.4) is 0 Å². The molecule has 0 fully saturated rings. The van der Waals surface area contributed by atoms with Crippen LogP contribution in [0.1, 0.15) is 22.5 Å². The maximum atomic E-state index is 12.1. The molecule has 1 amide bonds. The van der Waals surface area contributed by atoms with Crippen molar-refractivity contribution in [3.05, 3.63) is 93.2 Å². The van der Waals surface area contributed by atoms with Crippen molar-refractivity contribution >= 4 is 57.9 Å². The van der Waals surface area contributed by atoms with E-state index in [2.05, 4.69) is 44.8 Å². The summed E-state index contributed by atoms with van der Waals surface area (Å²) in [6.45, 7) is 4.11. The molecule has 4 aromatic rings. The van der Waals surface area contributed by atoms with Crippen molar-refractivity contribution in [2.45, 2.75) is 25.6 Å². The first-order valence-electron chi connectivity index (χ1n) is 10.7. The number of ether oxygens (including phenoxy) is 1. The Hall–Kier alpha value is -3.13. The quantitative estimate of drug-likeness (QED) is 0.125. The van der Waals surface area contributed by atoms with E-state index in [1.165, 1.54) is 23.4 Å². The lowest BCUT2D eigenvalue weighted by molar-refractivity contribution is -0.118. The summed E-state index contributed by atoms with van der Waals surface area (Å²) in [5.74, 6) is 0.262. The molecule has 178 valence electrons. The Labute approximate surface area is 217 Å². The molecule has 1 aromatic heterocycles. The Morgan fingerprint density at radius 1 is 1.00 bits per heavy atom. The lowest BCUT2D eigenvalue weighted by Crippen LogP contribution is -2.19. The molecule has 0 saturated carbocycles. The van der Waals surface area contributed by atoms with Gasteiger partial charge in [-0.1, -0.05) is 71.4 Å². The predicted molar refractivity (Wildman–Crippen MR) is 143 cm³/mol. The molecular weight excluding hydrogens is 503 g/mol. The number of amides is 1. The van der Waals surface area contributed by atoms with Gasteiger partial charge in [-0.3, -0.25) is 4.79 Å². The number of nitrogens with one attached hydrogen (secondary N) is 1. The SMILES string of the molecule is Cc1cc(C)nc(SCC(=O)N/N=C\c2cc(Cl)c(OCc3ccc4ccccc4c3)c(Cl)c2)n1. The zero-order valence-corrected chi connectivity index (χ0v) is 21.4. The smallest absolute Gasteiger partial charge is 0.250 e. The van der Waals surface area contributed by atoms with Gasteiger partial charge in [0.15, 0.2) is 10.9 Å². The first-order valence-corrected chi connectivity index (χ1v) is 12.5. The Bertz CT molecular complexity index is 1370. The monoisotopic (exact) mass is 524 g/mol. The van der Waals surface area contributed by atoms with Gasteiger partial charge in [0.05, 0.1) is 22.0 Å². The molecule has 3 aromatic carbocycles. The summed E-state index contributed by atoms with van der Waals surface area (Å²) in [7, 11) is 0. The number of hydrazone groups is 1. The number of carbonyl (C=O) groups is 1. The summed E-state index contributed by atoms with van der Waals surface area (Å²) in [5.41, 5.74) is 5.83. The topological polar surface area (TPSA) is 76.5 Å². The highest BCUT2D eigenvalue weighted by Crippen LogP contribution is 2.34. The number of thioether (sulfide) groups is 1. The van der Waals surface area contributed by atoms with Gasteiger partial charge in [0.2, 0.25) is 0 Å². The lowest BCUT2D eigenvalue weighted by atomic mass is 10.1. The van der Waals surface area contributed by atoms with Crippen LogP contribution < -0.4 is 10.2 Å². The van der Waals surface area contributed by atoms with E-state index in [0.717, 1.165) is 22.3 Å². The maximum Gasteiger partial charge on any atom is 0.250 e. The van der Waals surface area contributed by atoms with Crippen molar-refractivity contribution < 1.29 is 9.53 Å². The third-order valence-electron chi connectivity index (χ3n) is 4.91. The fraction of sp³-hybridized carbons (Fsp3) is 0.154. The number of rotatable bonds is 8. The number of hydrogen-bond donors (Lipinski definition) is 1. The third-order valence-corrected chi connectivity index (χ3v) is 6.32. The standard InChI is InChI=1S/C26H22Cl2N4O2S/c1-16-9-17(2)31-26(30-16)35-15-24(33)32-29-13-19-11-22(27)25(23(28)12-19)34-14-18-7-8-20-5-3-4-6-21(20)10-18/h3-13H,14-15H2,1-2H3,(H,32,33)/b29-13-. The fourth-order valence-corrected chi connectivity index (χ4v) is 4.73. The van der Waals surface area contributed by atoms with E-state index in [9.17, 15) is 4.79 Å². The predicted octanol–water partition coefficient (Wildman–Crippen LogP) is 6.37. The first kappa shape index (κ1) is 25.0. The number of benzene rings is 3. The van der Waals surface area contributed by atoms with E-state index < -0.39 is 0 Å². The second kappa shape index (κ2) is 11.5. The van der Waals surface area contributed by atoms with Crippen LogP contribution in [0, 0.1) is 13.8 Å². The van der Waals surface area contributed by atoms with E-state index in [1.807, 2.05) is 38.1 Å². The minimum atomic E-state index is -0.276. The molecule has 0 saturated heterocycles. The van der Waals surface area contributed by atoms with Crippen LogP contribution in [-0.2, 0) is 11.4 Å². The van der Waals surface area contributed by atoms with Crippen molar-refractivity contribution in [2.75, 3.05) is 5.75 Å². The molecule has 0 bridgehead atoms. The summed E-state index contributed by atoms with van der Waals surface area (Å²) in [6.07, 6.45) is 1.47. The van der Waals surface area contributed by atoms with Gasteiger partial charge in [-0.05, 0) is 60.0 Å². The Morgan fingerprint density at radius 3 is 2.40 bits per heavy atom. The molecule has 1 N–H and O–H groups in total. The van der Waals surface area contributed by atoms with Gasteiger partial charge in [-0.15, -0.1) is 0 Å². The lowest BCUT2D eigenvalue weighted by Gasteiger charge is -2.11. The highest BCUT2D eigenvalue weighted by Gasteiger charge is 2.10. The summed E-state index contributed by atoms with van der Waals surface area (Å²) in [4.78, 5) is 20.7. The van der Waals surface area contributed by atoms with Crippen molar-refractivity contribution in [3.63, 3.8) is 0 Å². The minimum absolute atomic E-state index is 0.142. The average Bonchev–Trinajstić information content (AvgIpc) is 2.81. The van der Waals surface area contributed by atoms with E-state index in [0.29, 0.717) is 33.1 Å². The van der Waals surface area contributed by atoms with Crippen LogP contribution in [0.5, 0.6) is 5.75 Å². The number of aryl methyl sites for hydroxylation is 2. The molecule has 9 heteroatoms. The van der Waals surface area contributed by atoms with Gasteiger partial charge >= 0.3 is 0 Å². The van der Waals surface area contributed by atoms with Gasteiger partial charge in [-0.2, -0.15) is 5.10 Å². The minimum Gasteiger partial charge on any atom is -0.486 e. The molecular formula is C26H22Cl2N4O2S. The number of aromatic nitrogens is 2. The molecule has 0 aliphatic heterocycles. The van der Waals surface area contributed by atoms with Crippen molar-refractivity contribution in [1.29, 1.82) is 0 Å². The number of fused-ring (bicyclic) bond motifs is 1. The van der Waals surface area contributed by atoms with Gasteiger partial charge < -0.3 is 4.74 Å². The highest BCUT2D eigenvalue weighted by atomic mass is 35.5. The van der Waals surface area contributed by atoms with E-state index in [4.69, 9.17) is 27.9 Å². The number of nitrogens with zero attached hydrogens (tertiary/aromatic N) is 3. The first-order chi connectivity index (χ1) is 16.9. The van der Waals surface area contributed by atoms with E-state index in [-0.39, 0.29) is 11.7 Å². The molecule has 0 spiro atoms. The van der Waals surface area contributed by atoms with Crippen LogP contribution in [0.2, 0.25) is 10.0 Å². The summed E-state index contributed by atoms with van der Waals surface area (Å²) < 4.78 is 5.90. The van der Waals surface area contributed by atoms with Crippen LogP contribution in [-0.4, -0.2) is 27.8 Å². The van der Waals surface area contributed by atoms with Crippen LogP contribution >= 0.6 is 35.0 Å². The van der Waals surface area contributed by atoms with E-state index in [1.54, 1.807) is 12.1 Å². The van der Waals surface area contributed by atoms with Crippen LogP contribution in [0.15, 0.2) is 70.9 Å². The molecule has 6 nitrogen and oxygen atoms in total. The van der Waals surface area contributed by atoms with Gasteiger partial charge in [-0.25, -0.2) is 15.4 Å². The van der Waals surface area contributed by atoms with E-state index >= 15 is 0 Å². The average molecular weight is 525 g/mol. The molecule has 0 unspecified atom stereocenters. The number of halogens is 2. The fourth-order valence-electron chi connectivity index (χ4n) is 3.38. The molecule has 0 aliphatic carbocycles. The summed E-state index contributed by atoms with van der Waals surface area (Å²) in [6, 6.07) is 19.5. The second-order valence-electron chi connectivity index (χ2n) is 7.80. The van der Waals surface area contributed by atoms with Crippen molar-refractivity contribution in [1.82, 2.24) is 15.4 Å². The highest BCUT2D eigenvalue weighted by molar-refractivity contribution is 7.99. The van der Waals surface area contributed by atoms with Crippen molar-refractivity contribution in [2.24, 2.45) is 5.10 Å². The molecule has 0 aliphatic rings. The molecule has 0 atom stereocenters. The van der Waals surface area contributed by atoms with Crippen molar-refractivity contribution in [3.8, 4) is 5.75 Å². The Balaban J connectivity index is 1.32. The number of carbonyl (C=O) groups excluding carboxylic acids is 1. The molecule has 35 heavy (non-hydrogen) atoms. The number of hydrogen-bond acceptors (Lipinski definition) is 6. The Morgan fingerprint density at radius 2 is 1.69 bits per heavy atom. The second-order valence-corrected chi connectivity index (χ2v) is 9.56. The maximum absolute atomic E-state index is 12.1. The molecule has 1 heterocycles. The molecule has 0 radical (unpaired) electrons. The third kappa shape index (κ3) is 6.94. The normalized spacial score (nSPS) is 11.2. The van der Waals surface area contributed by atoms with Gasteiger partial charge in [0, 0.05) is 11.4 Å². The van der Waals surface area contributed by atoms with Crippen LogP contribution in [0.25, 0.3) is 10.8 Å². The molecule has 4 rings (SSSR count). The zero-order valence-electron chi connectivity index (χ0n) is 19.1. The summed E-state index contributed by atoms with van der Waals surface area (Å²) >= 11 is 14.1. The Kier molecular flexibility index (Phi) is 8.23. The zero-order chi connectivity index (χ0) is 24.8. The van der Waals surface area contributed by atoms with Gasteiger partial charge in [0.25, 0.3) is 5.91 Å². The van der Waals surface area contributed by atoms with Crippen LogP contribution in [0.4, 0.5) is 0 Å². The largest absolute Gasteiger partial charge is 0.486 e. The van der Waals surface area contributed by atoms with Gasteiger partial charge in [0.1, 0.15) is 6.61 Å².